The van der Waals surface area contributed by atoms with Crippen molar-refractivity contribution < 1.29 is 14.3 Å². The predicted octanol–water partition coefficient (Wildman–Crippen LogP) is 3.50. The van der Waals surface area contributed by atoms with Crippen LogP contribution < -0.4 is 14.8 Å². The smallest absolute Gasteiger partial charge is 0.244 e. The first-order valence-electron chi connectivity index (χ1n) is 6.80. The van der Waals surface area contributed by atoms with Crippen LogP contribution in [0.2, 0.25) is 5.02 Å². The first-order chi connectivity index (χ1) is 10.7. The lowest BCUT2D eigenvalue weighted by Gasteiger charge is -2.02. The number of benzene rings is 1. The van der Waals surface area contributed by atoms with Gasteiger partial charge in [0.05, 0.1) is 5.02 Å². The molecule has 2 aromatic rings. The van der Waals surface area contributed by atoms with Crippen molar-refractivity contribution in [1.82, 2.24) is 5.32 Å². The van der Waals surface area contributed by atoms with Crippen molar-refractivity contribution in [1.29, 1.82) is 0 Å². The second kappa shape index (κ2) is 6.85. The predicted molar refractivity (Wildman–Crippen MR) is 87.6 cm³/mol. The minimum atomic E-state index is -0.134. The summed E-state index contributed by atoms with van der Waals surface area (Å²) in [6.07, 6.45) is 4.03. The van der Waals surface area contributed by atoms with E-state index in [1.54, 1.807) is 29.5 Å². The molecule has 0 aliphatic carbocycles. The van der Waals surface area contributed by atoms with Gasteiger partial charge in [-0.05, 0) is 41.6 Å². The molecule has 0 spiro atoms. The van der Waals surface area contributed by atoms with Crippen molar-refractivity contribution in [3.63, 3.8) is 0 Å². The van der Waals surface area contributed by atoms with Crippen molar-refractivity contribution >= 4 is 34.9 Å². The molecule has 6 heteroatoms. The third-order valence-corrected chi connectivity index (χ3v) is 4.34. The zero-order valence-corrected chi connectivity index (χ0v) is 13.2. The second-order valence-corrected chi connectivity index (χ2v) is 6.13. The Labute approximate surface area is 137 Å². The maximum absolute atomic E-state index is 11.8. The summed E-state index contributed by atoms with van der Waals surface area (Å²) in [4.78, 5) is 13.0. The number of hydrogen-bond donors (Lipinski definition) is 1. The minimum absolute atomic E-state index is 0.134. The van der Waals surface area contributed by atoms with Gasteiger partial charge in [0.2, 0.25) is 12.7 Å². The van der Waals surface area contributed by atoms with Crippen LogP contribution in [-0.4, -0.2) is 19.2 Å². The number of fused-ring (bicyclic) bond motifs is 1. The number of carbonyl (C=O) groups excluding carboxylic acids is 1. The summed E-state index contributed by atoms with van der Waals surface area (Å²) in [6, 6.07) is 7.60. The largest absolute Gasteiger partial charge is 0.454 e. The highest BCUT2D eigenvalue weighted by atomic mass is 35.5. The Bertz CT molecular complexity index is 698. The molecule has 0 bridgehead atoms. The zero-order chi connectivity index (χ0) is 15.4. The van der Waals surface area contributed by atoms with Crippen LogP contribution in [-0.2, 0) is 11.2 Å². The Balaban J connectivity index is 1.55. The summed E-state index contributed by atoms with van der Waals surface area (Å²) >= 11 is 7.78. The van der Waals surface area contributed by atoms with E-state index in [4.69, 9.17) is 21.1 Å². The lowest BCUT2D eigenvalue weighted by molar-refractivity contribution is -0.116. The van der Waals surface area contributed by atoms with Crippen LogP contribution in [0.25, 0.3) is 6.08 Å². The van der Waals surface area contributed by atoms with E-state index in [0.717, 1.165) is 12.0 Å². The van der Waals surface area contributed by atoms with Gasteiger partial charge >= 0.3 is 0 Å². The number of thiophene rings is 1. The highest BCUT2D eigenvalue weighted by molar-refractivity contribution is 7.09. The van der Waals surface area contributed by atoms with Crippen molar-refractivity contribution in [3.05, 3.63) is 51.2 Å². The first kappa shape index (κ1) is 14.9. The standard InChI is InChI=1S/C16H14ClNO3S/c17-13-8-11(9-14-16(13)21-10-20-14)3-4-15(19)18-6-5-12-2-1-7-22-12/h1-4,7-9H,5-6,10H2,(H,18,19)/b4-3+. The fourth-order valence-electron chi connectivity index (χ4n) is 2.08. The van der Waals surface area contributed by atoms with E-state index in [2.05, 4.69) is 11.4 Å². The normalized spacial score (nSPS) is 12.8. The van der Waals surface area contributed by atoms with Gasteiger partial charge in [0.25, 0.3) is 0 Å². The molecule has 114 valence electrons. The zero-order valence-electron chi connectivity index (χ0n) is 11.7. The lowest BCUT2D eigenvalue weighted by Crippen LogP contribution is -2.23. The minimum Gasteiger partial charge on any atom is -0.454 e. The molecule has 1 N–H and O–H groups in total. The molecule has 1 aromatic carbocycles. The molecular formula is C16H14ClNO3S. The number of amides is 1. The van der Waals surface area contributed by atoms with E-state index in [1.807, 2.05) is 11.4 Å². The molecule has 1 aliphatic heterocycles. The van der Waals surface area contributed by atoms with Gasteiger partial charge < -0.3 is 14.8 Å². The average molecular weight is 336 g/mol. The summed E-state index contributed by atoms with van der Waals surface area (Å²) in [5.74, 6) is 1.02. The van der Waals surface area contributed by atoms with Gasteiger partial charge in [0.15, 0.2) is 11.5 Å². The number of halogens is 1. The summed E-state index contributed by atoms with van der Waals surface area (Å²) in [7, 11) is 0. The van der Waals surface area contributed by atoms with Crippen molar-refractivity contribution in [2.45, 2.75) is 6.42 Å². The molecule has 1 aromatic heterocycles. The molecule has 1 aliphatic rings. The van der Waals surface area contributed by atoms with Gasteiger partial charge in [-0.15, -0.1) is 11.3 Å². The monoisotopic (exact) mass is 335 g/mol. The van der Waals surface area contributed by atoms with Gasteiger partial charge in [-0.3, -0.25) is 4.79 Å². The van der Waals surface area contributed by atoms with Crippen LogP contribution in [0.3, 0.4) is 0 Å². The first-order valence-corrected chi connectivity index (χ1v) is 8.05. The highest BCUT2D eigenvalue weighted by Crippen LogP contribution is 2.39. The molecule has 0 atom stereocenters. The SMILES string of the molecule is O=C(/C=C/c1cc(Cl)c2c(c1)OCO2)NCCc1cccs1. The molecule has 0 fully saturated rings. The van der Waals surface area contributed by atoms with Gasteiger partial charge in [0, 0.05) is 17.5 Å². The quantitative estimate of drug-likeness (QED) is 0.851. The summed E-state index contributed by atoms with van der Waals surface area (Å²) < 4.78 is 10.5. The van der Waals surface area contributed by atoms with Gasteiger partial charge in [-0.25, -0.2) is 0 Å². The maximum atomic E-state index is 11.8. The van der Waals surface area contributed by atoms with E-state index in [-0.39, 0.29) is 12.7 Å². The molecule has 2 heterocycles. The summed E-state index contributed by atoms with van der Waals surface area (Å²) in [5, 5.41) is 5.36. The van der Waals surface area contributed by atoms with Crippen LogP contribution in [0.4, 0.5) is 0 Å². The van der Waals surface area contributed by atoms with Crippen molar-refractivity contribution in [2.75, 3.05) is 13.3 Å². The Morgan fingerprint density at radius 3 is 3.14 bits per heavy atom. The molecule has 0 saturated carbocycles. The van der Waals surface area contributed by atoms with Gasteiger partial charge in [0.1, 0.15) is 0 Å². The molecule has 0 saturated heterocycles. The summed E-state index contributed by atoms with van der Waals surface area (Å²) in [6.45, 7) is 0.789. The van der Waals surface area contributed by atoms with E-state index < -0.39 is 0 Å². The number of hydrogen-bond acceptors (Lipinski definition) is 4. The number of rotatable bonds is 5. The second-order valence-electron chi connectivity index (χ2n) is 4.69. The van der Waals surface area contributed by atoms with Crippen LogP contribution in [0.5, 0.6) is 11.5 Å². The van der Waals surface area contributed by atoms with E-state index in [1.165, 1.54) is 11.0 Å². The van der Waals surface area contributed by atoms with E-state index in [9.17, 15) is 4.79 Å². The highest BCUT2D eigenvalue weighted by Gasteiger charge is 2.17. The molecule has 0 radical (unpaired) electrons. The average Bonchev–Trinajstić information content (AvgIpc) is 3.16. The fourth-order valence-corrected chi connectivity index (χ4v) is 3.06. The maximum Gasteiger partial charge on any atom is 0.244 e. The number of nitrogens with one attached hydrogen (secondary N) is 1. The molecule has 4 nitrogen and oxygen atoms in total. The molecule has 3 rings (SSSR count). The van der Waals surface area contributed by atoms with Crippen molar-refractivity contribution in [2.24, 2.45) is 0 Å². The molecule has 0 unspecified atom stereocenters. The Morgan fingerprint density at radius 1 is 1.41 bits per heavy atom. The fraction of sp³-hybridized carbons (Fsp3) is 0.188. The van der Waals surface area contributed by atoms with Crippen LogP contribution in [0.1, 0.15) is 10.4 Å². The Morgan fingerprint density at radius 2 is 2.32 bits per heavy atom. The van der Waals surface area contributed by atoms with Crippen LogP contribution in [0.15, 0.2) is 35.7 Å². The molecular weight excluding hydrogens is 322 g/mol. The van der Waals surface area contributed by atoms with E-state index in [0.29, 0.717) is 23.1 Å². The Hall–Kier alpha value is -1.98. The van der Waals surface area contributed by atoms with Crippen LogP contribution in [0, 0.1) is 0 Å². The lowest BCUT2D eigenvalue weighted by atomic mass is 10.2. The Kier molecular flexibility index (Phi) is 4.65. The van der Waals surface area contributed by atoms with E-state index >= 15 is 0 Å². The summed E-state index contributed by atoms with van der Waals surface area (Å²) in [5.41, 5.74) is 0.794. The molecule has 22 heavy (non-hydrogen) atoms. The third kappa shape index (κ3) is 3.61. The molecule has 1 amide bonds. The van der Waals surface area contributed by atoms with Gasteiger partial charge in [-0.2, -0.15) is 0 Å². The topological polar surface area (TPSA) is 47.6 Å². The van der Waals surface area contributed by atoms with Crippen LogP contribution >= 0.6 is 22.9 Å². The number of ether oxygens (including phenoxy) is 2. The van der Waals surface area contributed by atoms with Gasteiger partial charge in [-0.1, -0.05) is 17.7 Å². The third-order valence-electron chi connectivity index (χ3n) is 3.13. The van der Waals surface area contributed by atoms with Crippen molar-refractivity contribution in [3.8, 4) is 11.5 Å². The number of carbonyl (C=O) groups is 1.